The number of carbonyl (C=O) groups excluding carboxylic acids is 1. The largest absolute Gasteiger partial charge is 0.390 e. The van der Waals surface area contributed by atoms with Crippen LogP contribution >= 0.6 is 11.3 Å². The van der Waals surface area contributed by atoms with Gasteiger partial charge >= 0.3 is 6.03 Å². The van der Waals surface area contributed by atoms with E-state index in [1.165, 1.54) is 22.5 Å². The van der Waals surface area contributed by atoms with Gasteiger partial charge in [-0.25, -0.2) is 4.79 Å². The second-order valence-electron chi connectivity index (χ2n) is 5.87. The first-order valence-electron chi connectivity index (χ1n) is 7.92. The predicted octanol–water partition coefficient (Wildman–Crippen LogP) is 1.39. The number of nitrogens with one attached hydrogen (secondary N) is 2. The van der Waals surface area contributed by atoms with Gasteiger partial charge in [0.25, 0.3) is 0 Å². The van der Waals surface area contributed by atoms with Crippen LogP contribution in [0.2, 0.25) is 0 Å². The van der Waals surface area contributed by atoms with E-state index in [1.54, 1.807) is 0 Å². The fourth-order valence-electron chi connectivity index (χ4n) is 2.77. The minimum atomic E-state index is -0.614. The lowest BCUT2D eigenvalue weighted by Crippen LogP contribution is -2.42. The third-order valence-electron chi connectivity index (χ3n) is 3.92. The molecule has 24 heavy (non-hydrogen) atoms. The molecule has 1 aromatic carbocycles. The first-order valence-corrected chi connectivity index (χ1v) is 8.74. The van der Waals surface area contributed by atoms with Crippen LogP contribution in [0.1, 0.15) is 16.1 Å². The maximum absolute atomic E-state index is 11.8. The topological polar surface area (TPSA) is 90.4 Å². The summed E-state index contributed by atoms with van der Waals surface area (Å²) in [5.74, 6) is 0. The number of amides is 2. The molecule has 2 amide bonds. The zero-order valence-corrected chi connectivity index (χ0v) is 14.3. The van der Waals surface area contributed by atoms with Gasteiger partial charge in [0.15, 0.2) is 0 Å². The molecule has 0 bridgehead atoms. The molecule has 2 aromatic rings. The molecule has 0 radical (unpaired) electrons. The third-order valence-corrected chi connectivity index (χ3v) is 4.68. The lowest BCUT2D eigenvalue weighted by atomic mass is 10.00. The smallest absolute Gasteiger partial charge is 0.321 e. The van der Waals surface area contributed by atoms with E-state index in [4.69, 9.17) is 0 Å². The van der Waals surface area contributed by atoms with Crippen molar-refractivity contribution in [3.8, 4) is 0 Å². The monoisotopic (exact) mass is 347 g/mol. The molecule has 1 aliphatic heterocycles. The molecule has 0 fully saturated rings. The van der Waals surface area contributed by atoms with Gasteiger partial charge < -0.3 is 10.4 Å². The van der Waals surface area contributed by atoms with Gasteiger partial charge in [-0.3, -0.25) is 10.2 Å². The van der Waals surface area contributed by atoms with Crippen LogP contribution < -0.4 is 10.6 Å². The Hall–Kier alpha value is -2.03. The van der Waals surface area contributed by atoms with Crippen LogP contribution in [0, 0.1) is 6.92 Å². The molecule has 3 rings (SSSR count). The van der Waals surface area contributed by atoms with Crippen LogP contribution in [0.5, 0.6) is 0 Å². The lowest BCUT2D eigenvalue weighted by molar-refractivity contribution is 0.106. The SMILES string of the molecule is Cc1nnc(NC(=O)NC[C@H](O)CN2CCc3ccccc3C2)s1. The van der Waals surface area contributed by atoms with Gasteiger partial charge in [-0.1, -0.05) is 35.6 Å². The zero-order chi connectivity index (χ0) is 16.9. The Bertz CT molecular complexity index is 705. The number of β-amino-alcohol motifs (C(OH)–C–C–N with tert-alkyl or cyclic N) is 1. The van der Waals surface area contributed by atoms with Crippen molar-refractivity contribution in [1.29, 1.82) is 0 Å². The van der Waals surface area contributed by atoms with Gasteiger partial charge in [0, 0.05) is 26.2 Å². The van der Waals surface area contributed by atoms with Crippen molar-refractivity contribution in [3.05, 3.63) is 40.4 Å². The quantitative estimate of drug-likeness (QED) is 0.760. The Morgan fingerprint density at radius 1 is 1.38 bits per heavy atom. The van der Waals surface area contributed by atoms with Gasteiger partial charge in [-0.15, -0.1) is 10.2 Å². The van der Waals surface area contributed by atoms with Gasteiger partial charge in [0.2, 0.25) is 5.13 Å². The fourth-order valence-corrected chi connectivity index (χ4v) is 3.36. The number of carbonyl (C=O) groups is 1. The summed E-state index contributed by atoms with van der Waals surface area (Å²) >= 11 is 1.31. The highest BCUT2D eigenvalue weighted by Crippen LogP contribution is 2.18. The molecular weight excluding hydrogens is 326 g/mol. The van der Waals surface area contributed by atoms with E-state index in [0.717, 1.165) is 24.5 Å². The van der Waals surface area contributed by atoms with E-state index in [0.29, 0.717) is 11.7 Å². The molecule has 2 heterocycles. The van der Waals surface area contributed by atoms with Crippen LogP contribution in [-0.4, -0.2) is 52.0 Å². The van der Waals surface area contributed by atoms with Crippen molar-refractivity contribution in [2.45, 2.75) is 26.0 Å². The van der Waals surface area contributed by atoms with Crippen molar-refractivity contribution < 1.29 is 9.90 Å². The maximum atomic E-state index is 11.8. The second-order valence-corrected chi connectivity index (χ2v) is 7.05. The van der Waals surface area contributed by atoms with Gasteiger partial charge in [0.1, 0.15) is 5.01 Å². The number of rotatable bonds is 5. The van der Waals surface area contributed by atoms with Crippen LogP contribution in [0.4, 0.5) is 9.93 Å². The first kappa shape index (κ1) is 16.8. The molecule has 3 N–H and O–H groups in total. The molecule has 0 saturated carbocycles. The highest BCUT2D eigenvalue weighted by atomic mass is 32.1. The van der Waals surface area contributed by atoms with Crippen LogP contribution in [0.15, 0.2) is 24.3 Å². The van der Waals surface area contributed by atoms with Crippen LogP contribution in [-0.2, 0) is 13.0 Å². The van der Waals surface area contributed by atoms with Crippen molar-refractivity contribution in [2.75, 3.05) is 25.0 Å². The number of anilines is 1. The van der Waals surface area contributed by atoms with Crippen LogP contribution in [0.25, 0.3) is 0 Å². The molecular formula is C16H21N5O2S. The number of benzene rings is 1. The van der Waals surface area contributed by atoms with Crippen LogP contribution in [0.3, 0.4) is 0 Å². The minimum Gasteiger partial charge on any atom is -0.390 e. The van der Waals surface area contributed by atoms with Crippen molar-refractivity contribution in [3.63, 3.8) is 0 Å². The number of aryl methyl sites for hydroxylation is 1. The highest BCUT2D eigenvalue weighted by Gasteiger charge is 2.18. The number of nitrogens with zero attached hydrogens (tertiary/aromatic N) is 3. The van der Waals surface area contributed by atoms with Gasteiger partial charge in [-0.2, -0.15) is 0 Å². The van der Waals surface area contributed by atoms with E-state index in [-0.39, 0.29) is 12.6 Å². The molecule has 1 aliphatic rings. The number of aliphatic hydroxyl groups excluding tert-OH is 1. The zero-order valence-electron chi connectivity index (χ0n) is 13.5. The van der Waals surface area contributed by atoms with E-state index < -0.39 is 6.10 Å². The summed E-state index contributed by atoms with van der Waals surface area (Å²) in [6, 6.07) is 8.01. The Balaban J connectivity index is 1.41. The van der Waals surface area contributed by atoms with Gasteiger partial charge in [0.05, 0.1) is 6.10 Å². The molecule has 0 spiro atoms. The number of urea groups is 1. The lowest BCUT2D eigenvalue weighted by Gasteiger charge is -2.30. The van der Waals surface area contributed by atoms with Crippen molar-refractivity contribution in [1.82, 2.24) is 20.4 Å². The molecule has 1 aromatic heterocycles. The number of fused-ring (bicyclic) bond motifs is 1. The average Bonchev–Trinajstić information content (AvgIpc) is 2.98. The standard InChI is InChI=1S/C16H21N5O2S/c1-11-19-20-16(24-11)18-15(23)17-8-14(22)10-21-7-6-12-4-2-3-5-13(12)9-21/h2-5,14,22H,6-10H2,1H3,(H2,17,18,20,23)/t14-/m0/s1. The summed E-state index contributed by atoms with van der Waals surface area (Å²) in [7, 11) is 0. The van der Waals surface area contributed by atoms with E-state index in [1.807, 2.05) is 13.0 Å². The molecule has 0 saturated heterocycles. The maximum Gasteiger partial charge on any atom is 0.321 e. The summed E-state index contributed by atoms with van der Waals surface area (Å²) in [5, 5.41) is 24.3. The predicted molar refractivity (Wildman–Crippen MR) is 93.1 cm³/mol. The third kappa shape index (κ3) is 4.50. The number of hydrogen-bond acceptors (Lipinski definition) is 6. The second kappa shape index (κ2) is 7.69. The number of aliphatic hydroxyl groups is 1. The molecule has 1 atom stereocenters. The molecule has 128 valence electrons. The normalized spacial score (nSPS) is 15.6. The summed E-state index contributed by atoms with van der Waals surface area (Å²) in [6.45, 7) is 4.31. The highest BCUT2D eigenvalue weighted by molar-refractivity contribution is 7.15. The van der Waals surface area contributed by atoms with E-state index in [9.17, 15) is 9.90 Å². The Labute approximate surface area is 144 Å². The van der Waals surface area contributed by atoms with Crippen molar-refractivity contribution >= 4 is 22.5 Å². The molecule has 7 nitrogen and oxygen atoms in total. The van der Waals surface area contributed by atoms with Crippen molar-refractivity contribution in [2.24, 2.45) is 0 Å². The fraction of sp³-hybridized carbons (Fsp3) is 0.438. The average molecular weight is 347 g/mol. The molecule has 0 aliphatic carbocycles. The van der Waals surface area contributed by atoms with E-state index in [2.05, 4.69) is 43.9 Å². The summed E-state index contributed by atoms with van der Waals surface area (Å²) < 4.78 is 0. The van der Waals surface area contributed by atoms with E-state index >= 15 is 0 Å². The molecule has 8 heteroatoms. The summed E-state index contributed by atoms with van der Waals surface area (Å²) in [5.41, 5.74) is 2.70. The number of aromatic nitrogens is 2. The first-order chi connectivity index (χ1) is 11.6. The Morgan fingerprint density at radius 2 is 2.17 bits per heavy atom. The molecule has 0 unspecified atom stereocenters. The Morgan fingerprint density at radius 3 is 2.92 bits per heavy atom. The summed E-state index contributed by atoms with van der Waals surface area (Å²) in [6.07, 6.45) is 0.380. The summed E-state index contributed by atoms with van der Waals surface area (Å²) in [4.78, 5) is 14.0. The minimum absolute atomic E-state index is 0.196. The number of hydrogen-bond donors (Lipinski definition) is 3. The van der Waals surface area contributed by atoms with Gasteiger partial charge in [-0.05, 0) is 24.5 Å². The Kier molecular flexibility index (Phi) is 5.39.